The molecule has 0 saturated carbocycles. The van der Waals surface area contributed by atoms with E-state index in [0.717, 1.165) is 17.1 Å². The molecule has 0 atom stereocenters. The second kappa shape index (κ2) is 15.6. The number of fused-ring (bicyclic) bond motifs is 3. The van der Waals surface area contributed by atoms with E-state index in [1.165, 1.54) is 88.0 Å². The summed E-state index contributed by atoms with van der Waals surface area (Å²) in [5, 5.41) is 7.51. The molecule has 0 N–H and O–H groups in total. The molecule has 0 saturated heterocycles. The van der Waals surface area contributed by atoms with Gasteiger partial charge in [-0.25, -0.2) is 0 Å². The van der Waals surface area contributed by atoms with Gasteiger partial charge in [-0.1, -0.05) is 206 Å². The molecule has 11 rings (SSSR count). The lowest BCUT2D eigenvalue weighted by Gasteiger charge is -2.27. The molecule has 0 spiro atoms. The Labute approximate surface area is 357 Å². The summed E-state index contributed by atoms with van der Waals surface area (Å²) < 4.78 is 0. The third kappa shape index (κ3) is 6.93. The molecule has 0 aliphatic heterocycles. The molecule has 1 nitrogen and oxygen atoms in total. The smallest absolute Gasteiger partial charge is 0.0468 e. The molecular formula is C60H41N. The lowest BCUT2D eigenvalue weighted by molar-refractivity contribution is 1.28. The second-order valence-electron chi connectivity index (χ2n) is 15.7. The van der Waals surface area contributed by atoms with Crippen molar-refractivity contribution < 1.29 is 0 Å². The summed E-state index contributed by atoms with van der Waals surface area (Å²) >= 11 is 0. The van der Waals surface area contributed by atoms with Crippen molar-refractivity contribution in [1.29, 1.82) is 0 Å². The quantitative estimate of drug-likeness (QED) is 0.149. The Morgan fingerprint density at radius 3 is 1.23 bits per heavy atom. The van der Waals surface area contributed by atoms with E-state index in [1.54, 1.807) is 0 Å². The minimum absolute atomic E-state index is 1.09. The topological polar surface area (TPSA) is 3.24 Å². The van der Waals surface area contributed by atoms with Gasteiger partial charge in [-0.05, 0) is 130 Å². The molecule has 0 aliphatic carbocycles. The molecule has 0 amide bonds. The standard InChI is InChI=1S/C60H41N/c1-2-13-46(14-3-1)60-41-54(38-39-59(60)47-27-24-43(25-28-47)51-29-26-42-12-4-5-17-50(42)40-51)61(52-34-30-48(31-35-52)57-22-10-18-44-15-6-8-20-55(44)57)53-36-32-49(33-37-53)58-23-11-19-45-16-7-9-21-56(45)58/h1-41H. The van der Waals surface area contributed by atoms with Crippen LogP contribution >= 0.6 is 0 Å². The van der Waals surface area contributed by atoms with Gasteiger partial charge in [0, 0.05) is 17.1 Å². The van der Waals surface area contributed by atoms with Crippen LogP contribution in [0.4, 0.5) is 17.1 Å². The lowest BCUT2D eigenvalue weighted by atomic mass is 9.92. The number of anilines is 3. The van der Waals surface area contributed by atoms with E-state index in [-0.39, 0.29) is 0 Å². The normalized spacial score (nSPS) is 11.3. The van der Waals surface area contributed by atoms with Gasteiger partial charge in [0.05, 0.1) is 0 Å². The third-order valence-electron chi connectivity index (χ3n) is 12.1. The van der Waals surface area contributed by atoms with Crippen LogP contribution < -0.4 is 4.90 Å². The zero-order valence-corrected chi connectivity index (χ0v) is 33.6. The first kappa shape index (κ1) is 36.1. The van der Waals surface area contributed by atoms with Crippen molar-refractivity contribution in [3.8, 4) is 55.6 Å². The monoisotopic (exact) mass is 775 g/mol. The predicted molar refractivity (Wildman–Crippen MR) is 261 cm³/mol. The van der Waals surface area contributed by atoms with Gasteiger partial charge < -0.3 is 4.90 Å². The Morgan fingerprint density at radius 2 is 0.623 bits per heavy atom. The summed E-state index contributed by atoms with van der Waals surface area (Å²) in [6, 6.07) is 90.5. The first-order chi connectivity index (χ1) is 30.2. The Hall–Kier alpha value is -8.00. The van der Waals surface area contributed by atoms with Crippen LogP contribution in [-0.2, 0) is 0 Å². The van der Waals surface area contributed by atoms with E-state index < -0.39 is 0 Å². The first-order valence-electron chi connectivity index (χ1n) is 21.0. The molecule has 1 heteroatoms. The van der Waals surface area contributed by atoms with E-state index in [1.807, 2.05) is 0 Å². The fourth-order valence-electron chi connectivity index (χ4n) is 8.97. The van der Waals surface area contributed by atoms with Crippen molar-refractivity contribution in [2.24, 2.45) is 0 Å². The van der Waals surface area contributed by atoms with Crippen LogP contribution in [0.1, 0.15) is 0 Å². The fraction of sp³-hybridized carbons (Fsp3) is 0. The molecule has 0 fully saturated rings. The summed E-state index contributed by atoms with van der Waals surface area (Å²) in [5.41, 5.74) is 15.3. The van der Waals surface area contributed by atoms with Gasteiger partial charge >= 0.3 is 0 Å². The highest BCUT2D eigenvalue weighted by Crippen LogP contribution is 2.43. The minimum Gasteiger partial charge on any atom is -0.310 e. The lowest BCUT2D eigenvalue weighted by Crippen LogP contribution is -2.10. The van der Waals surface area contributed by atoms with E-state index in [2.05, 4.69) is 254 Å². The minimum atomic E-state index is 1.09. The Morgan fingerprint density at radius 1 is 0.197 bits per heavy atom. The second-order valence-corrected chi connectivity index (χ2v) is 15.7. The summed E-state index contributed by atoms with van der Waals surface area (Å²) in [6.07, 6.45) is 0. The molecular weight excluding hydrogens is 735 g/mol. The predicted octanol–water partition coefficient (Wildman–Crippen LogP) is 17.0. The SMILES string of the molecule is c1ccc(-c2cc(N(c3ccc(-c4cccc5ccccc45)cc3)c3ccc(-c4cccc5ccccc45)cc3)ccc2-c2ccc(-c3ccc4ccccc4c3)cc2)cc1. The summed E-state index contributed by atoms with van der Waals surface area (Å²) in [7, 11) is 0. The van der Waals surface area contributed by atoms with Gasteiger partial charge in [-0.3, -0.25) is 0 Å². The highest BCUT2D eigenvalue weighted by molar-refractivity contribution is 5.99. The van der Waals surface area contributed by atoms with Gasteiger partial charge in [-0.2, -0.15) is 0 Å². The molecule has 286 valence electrons. The molecule has 0 heterocycles. The molecule has 11 aromatic rings. The maximum atomic E-state index is 2.39. The van der Waals surface area contributed by atoms with Crippen LogP contribution in [0.3, 0.4) is 0 Å². The highest BCUT2D eigenvalue weighted by atomic mass is 15.1. The Kier molecular flexibility index (Phi) is 9.26. The Balaban J connectivity index is 1.02. The van der Waals surface area contributed by atoms with E-state index in [0.29, 0.717) is 0 Å². The van der Waals surface area contributed by atoms with E-state index in [4.69, 9.17) is 0 Å². The maximum Gasteiger partial charge on any atom is 0.0468 e. The van der Waals surface area contributed by atoms with Crippen LogP contribution in [0.2, 0.25) is 0 Å². The van der Waals surface area contributed by atoms with Crippen molar-refractivity contribution in [1.82, 2.24) is 0 Å². The molecule has 0 aromatic heterocycles. The first-order valence-corrected chi connectivity index (χ1v) is 21.0. The zero-order chi connectivity index (χ0) is 40.5. The van der Waals surface area contributed by atoms with E-state index in [9.17, 15) is 0 Å². The largest absolute Gasteiger partial charge is 0.310 e. The van der Waals surface area contributed by atoms with E-state index >= 15 is 0 Å². The van der Waals surface area contributed by atoms with Crippen LogP contribution in [0.5, 0.6) is 0 Å². The van der Waals surface area contributed by atoms with Crippen molar-refractivity contribution >= 4 is 49.4 Å². The number of benzene rings is 11. The zero-order valence-electron chi connectivity index (χ0n) is 33.6. The van der Waals surface area contributed by atoms with Gasteiger partial charge in [0.2, 0.25) is 0 Å². The van der Waals surface area contributed by atoms with Crippen molar-refractivity contribution in [2.75, 3.05) is 4.90 Å². The number of nitrogens with zero attached hydrogens (tertiary/aromatic N) is 1. The van der Waals surface area contributed by atoms with Crippen molar-refractivity contribution in [2.45, 2.75) is 0 Å². The van der Waals surface area contributed by atoms with Crippen LogP contribution in [0.25, 0.3) is 88.0 Å². The van der Waals surface area contributed by atoms with Crippen LogP contribution in [0.15, 0.2) is 249 Å². The maximum absolute atomic E-state index is 2.39. The van der Waals surface area contributed by atoms with Gasteiger partial charge in [0.15, 0.2) is 0 Å². The summed E-state index contributed by atoms with van der Waals surface area (Å²) in [4.78, 5) is 2.39. The number of hydrogen-bond acceptors (Lipinski definition) is 1. The molecule has 61 heavy (non-hydrogen) atoms. The number of hydrogen-bond donors (Lipinski definition) is 0. The Bertz CT molecular complexity index is 3190. The third-order valence-corrected chi connectivity index (χ3v) is 12.1. The molecule has 0 radical (unpaired) electrons. The average Bonchev–Trinajstić information content (AvgIpc) is 3.34. The van der Waals surface area contributed by atoms with Crippen LogP contribution in [0, 0.1) is 0 Å². The molecule has 0 aliphatic rings. The van der Waals surface area contributed by atoms with Crippen molar-refractivity contribution in [3.63, 3.8) is 0 Å². The average molecular weight is 776 g/mol. The molecule has 0 unspecified atom stereocenters. The molecule has 11 aromatic carbocycles. The van der Waals surface area contributed by atoms with Crippen molar-refractivity contribution in [3.05, 3.63) is 249 Å². The van der Waals surface area contributed by atoms with Gasteiger partial charge in [0.25, 0.3) is 0 Å². The highest BCUT2D eigenvalue weighted by Gasteiger charge is 2.18. The summed E-state index contributed by atoms with van der Waals surface area (Å²) in [5.74, 6) is 0. The van der Waals surface area contributed by atoms with Gasteiger partial charge in [-0.15, -0.1) is 0 Å². The number of rotatable bonds is 8. The molecule has 0 bridgehead atoms. The summed E-state index contributed by atoms with van der Waals surface area (Å²) in [6.45, 7) is 0. The fourth-order valence-corrected chi connectivity index (χ4v) is 8.97. The van der Waals surface area contributed by atoms with Crippen LogP contribution in [-0.4, -0.2) is 0 Å². The van der Waals surface area contributed by atoms with Gasteiger partial charge in [0.1, 0.15) is 0 Å².